The van der Waals surface area contributed by atoms with Gasteiger partial charge in [0.25, 0.3) is 0 Å². The predicted octanol–water partition coefficient (Wildman–Crippen LogP) is 2.78. The van der Waals surface area contributed by atoms with Gasteiger partial charge in [0, 0.05) is 0 Å². The molecule has 1 heterocycles. The second kappa shape index (κ2) is 5.15. The Kier molecular flexibility index (Phi) is 4.42. The lowest BCUT2D eigenvalue weighted by Crippen LogP contribution is -2.30. The molecule has 0 bridgehead atoms. The van der Waals surface area contributed by atoms with Crippen LogP contribution in [0.15, 0.2) is 0 Å². The van der Waals surface area contributed by atoms with Crippen molar-refractivity contribution < 1.29 is 8.42 Å². The highest BCUT2D eigenvalue weighted by Gasteiger charge is 2.30. The molecule has 1 saturated heterocycles. The Labute approximate surface area is 88.0 Å². The summed E-state index contributed by atoms with van der Waals surface area (Å²) in [5.74, 6) is 1.09. The molecule has 1 aliphatic heterocycles. The summed E-state index contributed by atoms with van der Waals surface area (Å²) in [6.45, 7) is 4.06. The zero-order valence-electron chi connectivity index (χ0n) is 9.33. The average molecular weight is 218 g/mol. The maximum absolute atomic E-state index is 11.5. The van der Waals surface area contributed by atoms with Crippen molar-refractivity contribution in [2.75, 3.05) is 5.75 Å². The topological polar surface area (TPSA) is 34.1 Å². The SMILES string of the molecule is CCCCC[C@H]1CCS(=O)(=O)[C@H](C)C1. The smallest absolute Gasteiger partial charge is 0.152 e. The minimum Gasteiger partial charge on any atom is -0.229 e. The molecule has 0 saturated carbocycles. The summed E-state index contributed by atoms with van der Waals surface area (Å²) < 4.78 is 22.9. The first kappa shape index (κ1) is 12.0. The van der Waals surface area contributed by atoms with Gasteiger partial charge in [-0.3, -0.25) is 0 Å². The Morgan fingerprint density at radius 3 is 2.57 bits per heavy atom. The van der Waals surface area contributed by atoms with E-state index in [0.717, 1.165) is 12.8 Å². The van der Waals surface area contributed by atoms with E-state index >= 15 is 0 Å². The summed E-state index contributed by atoms with van der Waals surface area (Å²) in [5, 5.41) is -0.0946. The van der Waals surface area contributed by atoms with Gasteiger partial charge in [0.2, 0.25) is 0 Å². The summed E-state index contributed by atoms with van der Waals surface area (Å²) >= 11 is 0. The first-order valence-electron chi connectivity index (χ1n) is 5.78. The monoisotopic (exact) mass is 218 g/mol. The molecule has 0 aromatic carbocycles. The Morgan fingerprint density at radius 2 is 2.00 bits per heavy atom. The third kappa shape index (κ3) is 3.26. The molecule has 1 aliphatic rings. The van der Waals surface area contributed by atoms with Crippen LogP contribution in [-0.4, -0.2) is 19.4 Å². The van der Waals surface area contributed by atoms with Crippen LogP contribution < -0.4 is 0 Å². The predicted molar refractivity (Wildman–Crippen MR) is 60.1 cm³/mol. The lowest BCUT2D eigenvalue weighted by molar-refractivity contribution is 0.392. The van der Waals surface area contributed by atoms with Crippen molar-refractivity contribution in [3.8, 4) is 0 Å². The first-order chi connectivity index (χ1) is 6.56. The molecule has 0 radical (unpaired) electrons. The van der Waals surface area contributed by atoms with Crippen molar-refractivity contribution in [1.29, 1.82) is 0 Å². The van der Waals surface area contributed by atoms with Crippen molar-refractivity contribution in [2.45, 2.75) is 57.6 Å². The molecule has 0 aromatic heterocycles. The van der Waals surface area contributed by atoms with Gasteiger partial charge in [-0.1, -0.05) is 32.6 Å². The van der Waals surface area contributed by atoms with Gasteiger partial charge in [0.15, 0.2) is 9.84 Å². The molecule has 0 unspecified atom stereocenters. The summed E-state index contributed by atoms with van der Waals surface area (Å²) in [6.07, 6.45) is 6.84. The van der Waals surface area contributed by atoms with E-state index in [2.05, 4.69) is 6.92 Å². The molecule has 14 heavy (non-hydrogen) atoms. The molecule has 0 amide bonds. The van der Waals surface area contributed by atoms with Crippen LogP contribution >= 0.6 is 0 Å². The van der Waals surface area contributed by atoms with Gasteiger partial charge in [-0.25, -0.2) is 8.42 Å². The highest BCUT2D eigenvalue weighted by Crippen LogP contribution is 2.28. The summed E-state index contributed by atoms with van der Waals surface area (Å²) in [7, 11) is -2.72. The Balaban J connectivity index is 2.32. The van der Waals surface area contributed by atoms with Gasteiger partial charge in [-0.15, -0.1) is 0 Å². The molecule has 84 valence electrons. The van der Waals surface area contributed by atoms with E-state index in [1.54, 1.807) is 0 Å². The van der Waals surface area contributed by atoms with Crippen molar-refractivity contribution in [2.24, 2.45) is 5.92 Å². The fourth-order valence-corrected chi connectivity index (χ4v) is 3.84. The Hall–Kier alpha value is -0.0500. The van der Waals surface area contributed by atoms with Gasteiger partial charge >= 0.3 is 0 Å². The quantitative estimate of drug-likeness (QED) is 0.680. The number of hydrogen-bond donors (Lipinski definition) is 0. The summed E-state index contributed by atoms with van der Waals surface area (Å²) in [5.41, 5.74) is 0. The molecule has 2 atom stereocenters. The van der Waals surface area contributed by atoms with E-state index in [1.807, 2.05) is 6.92 Å². The van der Waals surface area contributed by atoms with Crippen molar-refractivity contribution in [3.05, 3.63) is 0 Å². The molecule has 1 fully saturated rings. The zero-order valence-corrected chi connectivity index (χ0v) is 10.1. The van der Waals surface area contributed by atoms with Gasteiger partial charge in [0.05, 0.1) is 11.0 Å². The second-order valence-electron chi connectivity index (χ2n) is 4.56. The standard InChI is InChI=1S/C11H22O2S/c1-3-4-5-6-11-7-8-14(12,13)10(2)9-11/h10-11H,3-9H2,1-2H3/t10-,11+/m1/s1. The van der Waals surface area contributed by atoms with E-state index in [4.69, 9.17) is 0 Å². The number of hydrogen-bond acceptors (Lipinski definition) is 2. The van der Waals surface area contributed by atoms with E-state index in [1.165, 1.54) is 25.7 Å². The largest absolute Gasteiger partial charge is 0.229 e. The van der Waals surface area contributed by atoms with Crippen LogP contribution in [0.3, 0.4) is 0 Å². The van der Waals surface area contributed by atoms with E-state index in [-0.39, 0.29) is 5.25 Å². The molecular formula is C11H22O2S. The maximum atomic E-state index is 11.5. The van der Waals surface area contributed by atoms with Crippen LogP contribution in [0.1, 0.15) is 52.4 Å². The Bertz CT molecular complexity index is 256. The van der Waals surface area contributed by atoms with Crippen molar-refractivity contribution in [1.82, 2.24) is 0 Å². The second-order valence-corrected chi connectivity index (χ2v) is 7.10. The average Bonchev–Trinajstić information content (AvgIpc) is 2.12. The Morgan fingerprint density at radius 1 is 1.29 bits per heavy atom. The van der Waals surface area contributed by atoms with Crippen LogP contribution in [0.25, 0.3) is 0 Å². The van der Waals surface area contributed by atoms with E-state index < -0.39 is 9.84 Å². The van der Waals surface area contributed by atoms with E-state index in [0.29, 0.717) is 11.7 Å². The molecular weight excluding hydrogens is 196 g/mol. The van der Waals surface area contributed by atoms with Crippen molar-refractivity contribution in [3.63, 3.8) is 0 Å². The molecule has 2 nitrogen and oxygen atoms in total. The molecule has 3 heteroatoms. The van der Waals surface area contributed by atoms with Gasteiger partial charge in [-0.2, -0.15) is 0 Å². The van der Waals surface area contributed by atoms with Crippen LogP contribution in [0, 0.1) is 5.92 Å². The lowest BCUT2D eigenvalue weighted by atomic mass is 9.93. The van der Waals surface area contributed by atoms with Gasteiger partial charge < -0.3 is 0 Å². The van der Waals surface area contributed by atoms with E-state index in [9.17, 15) is 8.42 Å². The fraction of sp³-hybridized carbons (Fsp3) is 1.00. The summed E-state index contributed by atoms with van der Waals surface area (Å²) in [6, 6.07) is 0. The van der Waals surface area contributed by atoms with Crippen LogP contribution in [0.2, 0.25) is 0 Å². The number of sulfone groups is 1. The molecule has 1 rings (SSSR count). The summed E-state index contributed by atoms with van der Waals surface area (Å²) in [4.78, 5) is 0. The highest BCUT2D eigenvalue weighted by molar-refractivity contribution is 7.92. The molecule has 0 aromatic rings. The van der Waals surface area contributed by atoms with Crippen LogP contribution in [0.5, 0.6) is 0 Å². The van der Waals surface area contributed by atoms with Crippen molar-refractivity contribution >= 4 is 9.84 Å². The molecule has 0 aliphatic carbocycles. The molecule has 0 N–H and O–H groups in total. The number of rotatable bonds is 4. The minimum absolute atomic E-state index is 0.0946. The highest BCUT2D eigenvalue weighted by atomic mass is 32.2. The number of unbranched alkanes of at least 4 members (excludes halogenated alkanes) is 2. The van der Waals surface area contributed by atoms with Crippen LogP contribution in [-0.2, 0) is 9.84 Å². The lowest BCUT2D eigenvalue weighted by Gasteiger charge is -2.26. The van der Waals surface area contributed by atoms with Gasteiger partial charge in [0.1, 0.15) is 0 Å². The third-order valence-electron chi connectivity index (χ3n) is 3.30. The molecule has 0 spiro atoms. The normalized spacial score (nSPS) is 31.6. The maximum Gasteiger partial charge on any atom is 0.152 e. The third-order valence-corrected chi connectivity index (χ3v) is 5.53. The first-order valence-corrected chi connectivity index (χ1v) is 7.49. The van der Waals surface area contributed by atoms with Gasteiger partial charge in [-0.05, 0) is 25.7 Å². The zero-order chi connectivity index (χ0) is 10.6. The van der Waals surface area contributed by atoms with Crippen LogP contribution in [0.4, 0.5) is 0 Å². The minimum atomic E-state index is -2.72. The fourth-order valence-electron chi connectivity index (χ4n) is 2.21.